The minimum absolute atomic E-state index is 0.00134. The Hall–Kier alpha value is -2.55. The Morgan fingerprint density at radius 3 is 2.74 bits per heavy atom. The molecule has 0 fully saturated rings. The summed E-state index contributed by atoms with van der Waals surface area (Å²) in [5.74, 6) is -0.362. The maximum absolute atomic E-state index is 12.7. The van der Waals surface area contributed by atoms with Gasteiger partial charge in [-0.3, -0.25) is 14.9 Å². The molecule has 0 N–H and O–H groups in total. The largest absolute Gasteiger partial charge is 0.317 e. The van der Waals surface area contributed by atoms with Crippen molar-refractivity contribution in [1.82, 2.24) is 4.57 Å². The maximum atomic E-state index is 12.7. The van der Waals surface area contributed by atoms with Crippen LogP contribution in [0.1, 0.15) is 16.6 Å². The highest BCUT2D eigenvalue weighted by molar-refractivity contribution is 7.21. The average Bonchev–Trinajstić information content (AvgIpc) is 3.21. The molecule has 0 saturated heterocycles. The van der Waals surface area contributed by atoms with E-state index in [1.807, 2.05) is 29.7 Å². The molecule has 0 radical (unpaired) electrons. The second kappa shape index (κ2) is 6.88. The van der Waals surface area contributed by atoms with E-state index in [2.05, 4.69) is 4.99 Å². The molecule has 0 aliphatic heterocycles. The summed E-state index contributed by atoms with van der Waals surface area (Å²) in [6.45, 7) is 2.66. The van der Waals surface area contributed by atoms with Gasteiger partial charge in [0.1, 0.15) is 0 Å². The van der Waals surface area contributed by atoms with E-state index in [9.17, 15) is 14.9 Å². The SMILES string of the molecule is CCn1c(=NC(=O)c2cc3cc([N+](=O)[O-])ccc3s2)sc2cc(Cl)ccc21. The van der Waals surface area contributed by atoms with E-state index in [1.165, 1.54) is 34.8 Å². The molecule has 2 aromatic heterocycles. The van der Waals surface area contributed by atoms with Crippen molar-refractivity contribution in [3.8, 4) is 0 Å². The van der Waals surface area contributed by atoms with Gasteiger partial charge in [0, 0.05) is 33.8 Å². The number of hydrogen-bond acceptors (Lipinski definition) is 5. The second-order valence-electron chi connectivity index (χ2n) is 5.75. The standard InChI is InChI=1S/C18H12ClN3O3S2/c1-2-21-13-5-3-11(19)9-15(13)27-18(21)20-17(23)16-8-10-7-12(22(24)25)4-6-14(10)26-16/h3-9H,2H2,1H3. The number of rotatable bonds is 3. The summed E-state index contributed by atoms with van der Waals surface area (Å²) in [4.78, 5) is 28.5. The zero-order valence-electron chi connectivity index (χ0n) is 14.0. The zero-order valence-corrected chi connectivity index (χ0v) is 16.4. The normalized spacial score (nSPS) is 12.1. The van der Waals surface area contributed by atoms with E-state index in [-0.39, 0.29) is 11.6 Å². The number of aromatic nitrogens is 1. The van der Waals surface area contributed by atoms with Gasteiger partial charge in [-0.15, -0.1) is 11.3 Å². The lowest BCUT2D eigenvalue weighted by atomic mass is 10.2. The van der Waals surface area contributed by atoms with Crippen LogP contribution in [0.2, 0.25) is 5.02 Å². The monoisotopic (exact) mass is 417 g/mol. The van der Waals surface area contributed by atoms with E-state index in [4.69, 9.17) is 11.6 Å². The highest BCUT2D eigenvalue weighted by Crippen LogP contribution is 2.29. The predicted molar refractivity (Wildman–Crippen MR) is 109 cm³/mol. The van der Waals surface area contributed by atoms with Crippen LogP contribution in [0.4, 0.5) is 5.69 Å². The lowest BCUT2D eigenvalue weighted by Gasteiger charge is -1.99. The number of benzene rings is 2. The van der Waals surface area contributed by atoms with Gasteiger partial charge in [-0.05, 0) is 37.3 Å². The molecule has 0 spiro atoms. The highest BCUT2D eigenvalue weighted by Gasteiger charge is 2.14. The molecule has 4 aromatic rings. The van der Waals surface area contributed by atoms with Gasteiger partial charge >= 0.3 is 0 Å². The summed E-state index contributed by atoms with van der Waals surface area (Å²) in [5, 5.41) is 12.2. The molecule has 1 amide bonds. The van der Waals surface area contributed by atoms with Crippen LogP contribution in [0.5, 0.6) is 0 Å². The summed E-state index contributed by atoms with van der Waals surface area (Å²) >= 11 is 8.74. The highest BCUT2D eigenvalue weighted by atomic mass is 35.5. The molecule has 136 valence electrons. The Balaban J connectivity index is 1.80. The third kappa shape index (κ3) is 3.27. The number of amides is 1. The lowest BCUT2D eigenvalue weighted by Crippen LogP contribution is -2.15. The lowest BCUT2D eigenvalue weighted by molar-refractivity contribution is -0.384. The van der Waals surface area contributed by atoms with Crippen LogP contribution in [0.25, 0.3) is 20.3 Å². The number of nitro benzene ring substituents is 1. The topological polar surface area (TPSA) is 77.5 Å². The minimum atomic E-state index is -0.449. The smallest absolute Gasteiger partial charge is 0.289 e. The predicted octanol–water partition coefficient (Wildman–Crippen LogP) is 5.24. The second-order valence-corrected chi connectivity index (χ2v) is 8.28. The number of nitro groups is 1. The van der Waals surface area contributed by atoms with Gasteiger partial charge in [0.2, 0.25) is 0 Å². The molecule has 0 unspecified atom stereocenters. The van der Waals surface area contributed by atoms with Crippen molar-refractivity contribution >= 4 is 66.2 Å². The van der Waals surface area contributed by atoms with E-state index < -0.39 is 4.92 Å². The fourth-order valence-corrected chi connectivity index (χ4v) is 5.13. The molecule has 0 saturated carbocycles. The van der Waals surface area contributed by atoms with Gasteiger partial charge in [0.25, 0.3) is 11.6 Å². The molecule has 0 aliphatic rings. The molecule has 6 nitrogen and oxygen atoms in total. The summed E-state index contributed by atoms with van der Waals surface area (Å²) < 4.78 is 3.74. The number of halogens is 1. The Bertz CT molecular complexity index is 1290. The van der Waals surface area contributed by atoms with Crippen molar-refractivity contribution in [1.29, 1.82) is 0 Å². The molecular weight excluding hydrogens is 406 g/mol. The molecule has 0 bridgehead atoms. The van der Waals surface area contributed by atoms with Crippen molar-refractivity contribution in [2.75, 3.05) is 0 Å². The summed E-state index contributed by atoms with van der Waals surface area (Å²) in [6.07, 6.45) is 0. The van der Waals surface area contributed by atoms with Crippen molar-refractivity contribution in [3.63, 3.8) is 0 Å². The Morgan fingerprint density at radius 1 is 1.19 bits per heavy atom. The number of aryl methyl sites for hydroxylation is 1. The number of carbonyl (C=O) groups is 1. The van der Waals surface area contributed by atoms with Crippen LogP contribution in [-0.2, 0) is 6.54 Å². The maximum Gasteiger partial charge on any atom is 0.289 e. The van der Waals surface area contributed by atoms with Crippen LogP contribution in [0.15, 0.2) is 47.5 Å². The number of thiophene rings is 1. The summed E-state index contributed by atoms with van der Waals surface area (Å²) in [6, 6.07) is 11.8. The minimum Gasteiger partial charge on any atom is -0.317 e. The number of carbonyl (C=O) groups excluding carboxylic acids is 1. The quantitative estimate of drug-likeness (QED) is 0.338. The van der Waals surface area contributed by atoms with Crippen molar-refractivity contribution in [3.05, 3.63) is 67.3 Å². The zero-order chi connectivity index (χ0) is 19.1. The van der Waals surface area contributed by atoms with Gasteiger partial charge < -0.3 is 4.57 Å². The van der Waals surface area contributed by atoms with E-state index in [0.29, 0.717) is 26.6 Å². The molecule has 2 heterocycles. The average molecular weight is 418 g/mol. The fraction of sp³-hybridized carbons (Fsp3) is 0.111. The number of hydrogen-bond donors (Lipinski definition) is 0. The van der Waals surface area contributed by atoms with Crippen LogP contribution in [0.3, 0.4) is 0 Å². The molecule has 4 rings (SSSR count). The van der Waals surface area contributed by atoms with E-state index in [0.717, 1.165) is 14.9 Å². The van der Waals surface area contributed by atoms with Gasteiger partial charge in [-0.2, -0.15) is 4.99 Å². The first-order valence-corrected chi connectivity index (χ1v) is 10.0. The van der Waals surface area contributed by atoms with Crippen molar-refractivity contribution in [2.24, 2.45) is 4.99 Å². The molecule has 0 aliphatic carbocycles. The Kier molecular flexibility index (Phi) is 4.55. The number of nitrogens with zero attached hydrogens (tertiary/aromatic N) is 3. The van der Waals surface area contributed by atoms with Gasteiger partial charge in [0.15, 0.2) is 4.80 Å². The molecule has 2 aromatic carbocycles. The summed E-state index contributed by atoms with van der Waals surface area (Å²) in [7, 11) is 0. The van der Waals surface area contributed by atoms with Crippen LogP contribution in [-0.4, -0.2) is 15.4 Å². The fourth-order valence-electron chi connectivity index (χ4n) is 2.83. The Labute approximate surface area is 166 Å². The van der Waals surface area contributed by atoms with E-state index in [1.54, 1.807) is 12.1 Å². The third-order valence-corrected chi connectivity index (χ3v) is 6.46. The third-order valence-electron chi connectivity index (χ3n) is 4.08. The van der Waals surface area contributed by atoms with Crippen LogP contribution >= 0.6 is 34.3 Å². The molecule has 0 atom stereocenters. The molecular formula is C18H12ClN3O3S2. The van der Waals surface area contributed by atoms with Crippen molar-refractivity contribution in [2.45, 2.75) is 13.5 Å². The number of fused-ring (bicyclic) bond motifs is 2. The summed E-state index contributed by atoms with van der Waals surface area (Å²) in [5.41, 5.74) is 0.979. The number of non-ortho nitro benzene ring substituents is 1. The van der Waals surface area contributed by atoms with Gasteiger partial charge in [0.05, 0.1) is 20.0 Å². The first kappa shape index (κ1) is 17.8. The van der Waals surface area contributed by atoms with Gasteiger partial charge in [-0.25, -0.2) is 0 Å². The molecule has 27 heavy (non-hydrogen) atoms. The van der Waals surface area contributed by atoms with Gasteiger partial charge in [-0.1, -0.05) is 22.9 Å². The molecule has 9 heteroatoms. The number of thiazole rings is 1. The first-order chi connectivity index (χ1) is 13.0. The van der Waals surface area contributed by atoms with Crippen molar-refractivity contribution < 1.29 is 9.72 Å². The first-order valence-electron chi connectivity index (χ1n) is 8.02. The van der Waals surface area contributed by atoms with E-state index >= 15 is 0 Å². The van der Waals surface area contributed by atoms with Crippen LogP contribution in [0, 0.1) is 10.1 Å². The van der Waals surface area contributed by atoms with Crippen LogP contribution < -0.4 is 4.80 Å². The Morgan fingerprint density at radius 2 is 2.00 bits per heavy atom.